The van der Waals surface area contributed by atoms with Gasteiger partial charge in [0.1, 0.15) is 17.8 Å². The fourth-order valence-electron chi connectivity index (χ4n) is 2.42. The largest absolute Gasteiger partial charge is 0.508 e. The summed E-state index contributed by atoms with van der Waals surface area (Å²) in [5, 5.41) is 32.5. The number of carbonyl (C=O) groups excluding carboxylic acids is 2. The highest BCUT2D eigenvalue weighted by molar-refractivity contribution is 5.91. The molecule has 0 saturated carbocycles. The molecule has 2 amide bonds. The van der Waals surface area contributed by atoms with Crippen LogP contribution in [0.4, 0.5) is 0 Å². The number of nitrogens with two attached hydrogens (primary N) is 1. The zero-order valence-corrected chi connectivity index (χ0v) is 16.6. The van der Waals surface area contributed by atoms with Crippen molar-refractivity contribution in [3.63, 3.8) is 0 Å². The van der Waals surface area contributed by atoms with Crippen molar-refractivity contribution in [1.29, 1.82) is 0 Å². The van der Waals surface area contributed by atoms with Crippen LogP contribution in [0.15, 0.2) is 24.3 Å². The average molecular weight is 418 g/mol. The van der Waals surface area contributed by atoms with Crippen molar-refractivity contribution >= 4 is 30.2 Å². The van der Waals surface area contributed by atoms with Crippen LogP contribution in [-0.4, -0.2) is 57.8 Å². The van der Waals surface area contributed by atoms with Gasteiger partial charge in [-0.1, -0.05) is 26.0 Å². The molecular formula is C18H28ClN3O6. The van der Waals surface area contributed by atoms with Crippen LogP contribution in [0, 0.1) is 5.92 Å². The van der Waals surface area contributed by atoms with E-state index in [1.165, 1.54) is 12.1 Å². The summed E-state index contributed by atoms with van der Waals surface area (Å²) in [7, 11) is 0. The van der Waals surface area contributed by atoms with Crippen molar-refractivity contribution in [3.05, 3.63) is 29.8 Å². The maximum Gasteiger partial charge on any atom is 0.326 e. The van der Waals surface area contributed by atoms with E-state index in [0.717, 1.165) is 0 Å². The molecule has 1 aromatic carbocycles. The first-order valence-corrected chi connectivity index (χ1v) is 8.62. The third-order valence-corrected chi connectivity index (χ3v) is 3.87. The minimum atomic E-state index is -1.31. The molecule has 0 spiro atoms. The summed E-state index contributed by atoms with van der Waals surface area (Å²) < 4.78 is 0. The Kier molecular flexibility index (Phi) is 11.1. The van der Waals surface area contributed by atoms with Crippen molar-refractivity contribution in [3.8, 4) is 5.75 Å². The van der Waals surface area contributed by atoms with E-state index in [4.69, 9.17) is 5.73 Å². The molecule has 0 aliphatic rings. The Bertz CT molecular complexity index is 653. The van der Waals surface area contributed by atoms with E-state index in [1.54, 1.807) is 12.1 Å². The predicted octanol–water partition coefficient (Wildman–Crippen LogP) is -0.224. The van der Waals surface area contributed by atoms with Gasteiger partial charge in [0.05, 0.1) is 12.6 Å². The molecule has 1 rings (SSSR count). The molecular weight excluding hydrogens is 390 g/mol. The molecule has 158 valence electrons. The maximum atomic E-state index is 12.2. The zero-order valence-electron chi connectivity index (χ0n) is 15.8. The summed E-state index contributed by atoms with van der Waals surface area (Å²) in [6.45, 7) is 2.93. The molecule has 0 heterocycles. The van der Waals surface area contributed by atoms with E-state index in [9.17, 15) is 29.7 Å². The minimum Gasteiger partial charge on any atom is -0.508 e. The number of amides is 2. The first kappa shape index (κ1) is 25.6. The Labute approximate surface area is 169 Å². The van der Waals surface area contributed by atoms with Crippen molar-refractivity contribution in [2.24, 2.45) is 11.7 Å². The Morgan fingerprint density at radius 1 is 1.04 bits per heavy atom. The second-order valence-corrected chi connectivity index (χ2v) is 6.75. The number of rotatable bonds is 10. The number of hydrogen-bond donors (Lipinski definition) is 6. The van der Waals surface area contributed by atoms with E-state index < -0.39 is 42.5 Å². The molecule has 0 bridgehead atoms. The SMILES string of the molecule is CC(C)CC(NC(=O)C(CO)NC(=O)C(N)Cc1ccc(O)cc1)C(=O)O.Cl. The molecule has 0 radical (unpaired) electrons. The van der Waals surface area contributed by atoms with Gasteiger partial charge in [-0.05, 0) is 36.5 Å². The molecule has 3 unspecified atom stereocenters. The molecule has 9 nitrogen and oxygen atoms in total. The minimum absolute atomic E-state index is 0. The highest BCUT2D eigenvalue weighted by atomic mass is 35.5. The lowest BCUT2D eigenvalue weighted by atomic mass is 10.0. The Balaban J connectivity index is 0.00000729. The van der Waals surface area contributed by atoms with Crippen LogP contribution in [-0.2, 0) is 20.8 Å². The van der Waals surface area contributed by atoms with Gasteiger partial charge >= 0.3 is 5.97 Å². The first-order chi connectivity index (χ1) is 12.6. The van der Waals surface area contributed by atoms with Gasteiger partial charge in [0.15, 0.2) is 0 Å². The van der Waals surface area contributed by atoms with E-state index >= 15 is 0 Å². The van der Waals surface area contributed by atoms with Gasteiger partial charge in [-0.2, -0.15) is 0 Å². The monoisotopic (exact) mass is 417 g/mol. The molecule has 0 aliphatic heterocycles. The van der Waals surface area contributed by atoms with E-state index in [1.807, 2.05) is 13.8 Å². The number of benzene rings is 1. The number of aliphatic hydroxyl groups is 1. The highest BCUT2D eigenvalue weighted by Crippen LogP contribution is 2.11. The van der Waals surface area contributed by atoms with Crippen LogP contribution in [0.3, 0.4) is 0 Å². The van der Waals surface area contributed by atoms with Crippen molar-refractivity contribution < 1.29 is 29.7 Å². The van der Waals surface area contributed by atoms with Gasteiger partial charge in [0.25, 0.3) is 0 Å². The molecule has 0 aromatic heterocycles. The second-order valence-electron chi connectivity index (χ2n) is 6.75. The van der Waals surface area contributed by atoms with Crippen LogP contribution in [0.5, 0.6) is 5.75 Å². The predicted molar refractivity (Wildman–Crippen MR) is 105 cm³/mol. The number of aromatic hydroxyl groups is 1. The van der Waals surface area contributed by atoms with Gasteiger partial charge in [0, 0.05) is 0 Å². The lowest BCUT2D eigenvalue weighted by Gasteiger charge is -2.22. The fraction of sp³-hybridized carbons (Fsp3) is 0.500. The van der Waals surface area contributed by atoms with Crippen LogP contribution < -0.4 is 16.4 Å². The molecule has 28 heavy (non-hydrogen) atoms. The maximum absolute atomic E-state index is 12.2. The lowest BCUT2D eigenvalue weighted by Crippen LogP contribution is -2.56. The van der Waals surface area contributed by atoms with Crippen molar-refractivity contribution in [2.45, 2.75) is 44.8 Å². The number of carboxylic acid groups (broad SMARTS) is 1. The van der Waals surface area contributed by atoms with E-state index in [-0.39, 0.29) is 36.9 Å². The molecule has 0 aliphatic carbocycles. The standard InChI is InChI=1S/C18H27N3O6.ClH/c1-10(2)7-14(18(26)27)20-17(25)15(9-22)21-16(24)13(19)8-11-3-5-12(23)6-4-11;/h3-6,10,13-15,22-23H,7-9,19H2,1-2H3,(H,20,25)(H,21,24)(H,26,27);1H. The molecule has 3 atom stereocenters. The smallest absolute Gasteiger partial charge is 0.326 e. The quantitative estimate of drug-likeness (QED) is 0.306. The van der Waals surface area contributed by atoms with E-state index in [0.29, 0.717) is 5.56 Å². The Hall–Kier alpha value is -2.36. The normalized spacial score (nSPS) is 13.8. The number of phenolic OH excluding ortho intramolecular Hbond substituents is 1. The Morgan fingerprint density at radius 2 is 1.57 bits per heavy atom. The molecule has 0 fully saturated rings. The Morgan fingerprint density at radius 3 is 2.04 bits per heavy atom. The molecule has 7 N–H and O–H groups in total. The van der Waals surface area contributed by atoms with Gasteiger partial charge in [-0.15, -0.1) is 12.4 Å². The van der Waals surface area contributed by atoms with Crippen LogP contribution >= 0.6 is 12.4 Å². The number of phenols is 1. The van der Waals surface area contributed by atoms with Gasteiger partial charge in [-0.3, -0.25) is 9.59 Å². The van der Waals surface area contributed by atoms with E-state index in [2.05, 4.69) is 10.6 Å². The number of nitrogens with one attached hydrogen (secondary N) is 2. The van der Waals surface area contributed by atoms with Crippen molar-refractivity contribution in [2.75, 3.05) is 6.61 Å². The zero-order chi connectivity index (χ0) is 20.6. The average Bonchev–Trinajstić information content (AvgIpc) is 2.60. The number of hydrogen-bond acceptors (Lipinski definition) is 6. The van der Waals surface area contributed by atoms with Gasteiger partial charge < -0.3 is 31.7 Å². The fourth-order valence-corrected chi connectivity index (χ4v) is 2.42. The van der Waals surface area contributed by atoms with Crippen molar-refractivity contribution in [1.82, 2.24) is 10.6 Å². The van der Waals surface area contributed by atoms with Crippen LogP contribution in [0.2, 0.25) is 0 Å². The summed E-state index contributed by atoms with van der Waals surface area (Å²) >= 11 is 0. The number of halogens is 1. The molecule has 1 aromatic rings. The number of aliphatic carboxylic acids is 1. The first-order valence-electron chi connectivity index (χ1n) is 8.62. The molecule has 10 heteroatoms. The molecule has 0 saturated heterocycles. The summed E-state index contributed by atoms with van der Waals surface area (Å²) in [6, 6.07) is 2.74. The summed E-state index contributed by atoms with van der Waals surface area (Å²) in [5.74, 6) is -2.52. The van der Waals surface area contributed by atoms with Gasteiger partial charge in [-0.25, -0.2) is 4.79 Å². The summed E-state index contributed by atoms with van der Waals surface area (Å²) in [5.41, 5.74) is 6.54. The topological polar surface area (TPSA) is 162 Å². The number of carboxylic acids is 1. The lowest BCUT2D eigenvalue weighted by molar-refractivity contribution is -0.143. The van der Waals surface area contributed by atoms with Gasteiger partial charge in [0.2, 0.25) is 11.8 Å². The van der Waals surface area contributed by atoms with Crippen LogP contribution in [0.1, 0.15) is 25.8 Å². The third-order valence-electron chi connectivity index (χ3n) is 3.87. The second kappa shape index (κ2) is 12.2. The summed E-state index contributed by atoms with van der Waals surface area (Å²) in [4.78, 5) is 35.6. The third kappa shape index (κ3) is 8.55. The highest BCUT2D eigenvalue weighted by Gasteiger charge is 2.28. The summed E-state index contributed by atoms with van der Waals surface area (Å²) in [6.07, 6.45) is 0.379. The van der Waals surface area contributed by atoms with Crippen LogP contribution in [0.25, 0.3) is 0 Å². The number of carbonyl (C=O) groups is 3. The number of aliphatic hydroxyl groups excluding tert-OH is 1.